The molecule has 0 aliphatic carbocycles. The lowest BCUT2D eigenvalue weighted by molar-refractivity contribution is -0.166. The summed E-state index contributed by atoms with van der Waals surface area (Å²) in [6.45, 7) is 0. The van der Waals surface area contributed by atoms with Gasteiger partial charge in [-0.2, -0.15) is 0 Å². The second-order valence-electron chi connectivity index (χ2n) is 2.76. The van der Waals surface area contributed by atoms with Crippen molar-refractivity contribution in [3.05, 3.63) is 23.9 Å². The number of nitrogens with two attached hydrogens (primary N) is 1. The molecule has 5 nitrogen and oxygen atoms in total. The smallest absolute Gasteiger partial charge is 0.187 e. The zero-order valence-corrected chi connectivity index (χ0v) is 8.18. The second-order valence-corrected chi connectivity index (χ2v) is 2.76. The maximum atomic E-state index is 9.79. The summed E-state index contributed by atoms with van der Waals surface area (Å²) in [6, 6.07) is 3.37. The Morgan fingerprint density at radius 1 is 1.43 bits per heavy atom. The van der Waals surface area contributed by atoms with Crippen molar-refractivity contribution in [2.24, 2.45) is 0 Å². The molecule has 0 bridgehead atoms. The van der Waals surface area contributed by atoms with Gasteiger partial charge in [0, 0.05) is 26.0 Å². The van der Waals surface area contributed by atoms with Gasteiger partial charge in [0.1, 0.15) is 11.9 Å². The first-order chi connectivity index (χ1) is 6.70. The Balaban J connectivity index is 2.88. The number of anilines is 1. The van der Waals surface area contributed by atoms with Crippen LogP contribution in [-0.2, 0) is 9.47 Å². The van der Waals surface area contributed by atoms with Crippen molar-refractivity contribution in [3.63, 3.8) is 0 Å². The number of pyridine rings is 1. The lowest BCUT2D eigenvalue weighted by Gasteiger charge is -2.20. The number of methoxy groups -OCH3 is 2. The second kappa shape index (κ2) is 4.90. The molecule has 0 amide bonds. The number of aromatic nitrogens is 1. The van der Waals surface area contributed by atoms with Gasteiger partial charge in [0.15, 0.2) is 6.29 Å². The molecule has 1 atom stereocenters. The summed E-state index contributed by atoms with van der Waals surface area (Å²) in [4.78, 5) is 3.86. The minimum absolute atomic E-state index is 0.277. The van der Waals surface area contributed by atoms with Crippen LogP contribution in [0, 0.1) is 0 Å². The maximum Gasteiger partial charge on any atom is 0.187 e. The molecule has 5 heteroatoms. The molecule has 0 aromatic carbocycles. The monoisotopic (exact) mass is 198 g/mol. The predicted octanol–water partition coefficient (Wildman–Crippen LogP) is 0.316. The van der Waals surface area contributed by atoms with E-state index in [1.165, 1.54) is 14.2 Å². The van der Waals surface area contributed by atoms with Gasteiger partial charge >= 0.3 is 0 Å². The zero-order valence-electron chi connectivity index (χ0n) is 8.18. The standard InChI is InChI=1S/C9H14N2O3/c1-13-9(14-2)7(12)6-4-3-5-11-8(6)10/h3-5,7,9,12H,1-2H3,(H2,10,11). The Morgan fingerprint density at radius 2 is 2.07 bits per heavy atom. The van der Waals surface area contributed by atoms with E-state index in [4.69, 9.17) is 15.2 Å². The third-order valence-electron chi connectivity index (χ3n) is 1.91. The van der Waals surface area contributed by atoms with Crippen LogP contribution in [0.15, 0.2) is 18.3 Å². The van der Waals surface area contributed by atoms with Crippen LogP contribution in [-0.4, -0.2) is 30.6 Å². The molecule has 0 fully saturated rings. The number of aliphatic hydroxyl groups excluding tert-OH is 1. The van der Waals surface area contributed by atoms with E-state index in [-0.39, 0.29) is 5.82 Å². The summed E-state index contributed by atoms with van der Waals surface area (Å²) in [7, 11) is 2.90. The first kappa shape index (κ1) is 10.9. The van der Waals surface area contributed by atoms with Crippen molar-refractivity contribution in [3.8, 4) is 0 Å². The van der Waals surface area contributed by atoms with Gasteiger partial charge in [0.2, 0.25) is 0 Å². The first-order valence-electron chi connectivity index (χ1n) is 4.14. The molecule has 78 valence electrons. The Kier molecular flexibility index (Phi) is 3.82. The summed E-state index contributed by atoms with van der Waals surface area (Å²) >= 11 is 0. The van der Waals surface area contributed by atoms with Crippen molar-refractivity contribution < 1.29 is 14.6 Å². The first-order valence-corrected chi connectivity index (χ1v) is 4.14. The SMILES string of the molecule is COC(OC)C(O)c1cccnc1N. The van der Waals surface area contributed by atoms with Crippen LogP contribution >= 0.6 is 0 Å². The molecule has 1 aromatic rings. The van der Waals surface area contributed by atoms with E-state index < -0.39 is 12.4 Å². The van der Waals surface area contributed by atoms with Crippen LogP contribution in [0.2, 0.25) is 0 Å². The van der Waals surface area contributed by atoms with Crippen LogP contribution in [0.25, 0.3) is 0 Å². The highest BCUT2D eigenvalue weighted by Crippen LogP contribution is 2.22. The van der Waals surface area contributed by atoms with Gasteiger partial charge in [-0.1, -0.05) is 6.07 Å². The summed E-state index contributed by atoms with van der Waals surface area (Å²) in [5.41, 5.74) is 6.09. The number of rotatable bonds is 4. The van der Waals surface area contributed by atoms with Crippen LogP contribution in [0.1, 0.15) is 11.7 Å². The highest BCUT2D eigenvalue weighted by Gasteiger charge is 2.22. The summed E-state index contributed by atoms with van der Waals surface area (Å²) < 4.78 is 9.83. The van der Waals surface area contributed by atoms with Crippen LogP contribution < -0.4 is 5.73 Å². The van der Waals surface area contributed by atoms with E-state index >= 15 is 0 Å². The van der Waals surface area contributed by atoms with Crippen LogP contribution in [0.5, 0.6) is 0 Å². The normalized spacial score (nSPS) is 13.1. The van der Waals surface area contributed by atoms with E-state index in [1.807, 2.05) is 0 Å². The van der Waals surface area contributed by atoms with Crippen molar-refractivity contribution in [1.29, 1.82) is 0 Å². The number of nitrogens with zero attached hydrogens (tertiary/aromatic N) is 1. The summed E-state index contributed by atoms with van der Waals surface area (Å²) in [5.74, 6) is 0.277. The minimum atomic E-state index is -0.932. The van der Waals surface area contributed by atoms with Gasteiger partial charge in [-0.3, -0.25) is 0 Å². The zero-order chi connectivity index (χ0) is 10.6. The fraction of sp³-hybridized carbons (Fsp3) is 0.444. The molecule has 0 aliphatic rings. The predicted molar refractivity (Wildman–Crippen MR) is 51.4 cm³/mol. The van der Waals surface area contributed by atoms with E-state index in [0.29, 0.717) is 5.56 Å². The van der Waals surface area contributed by atoms with Gasteiger partial charge in [0.05, 0.1) is 0 Å². The molecule has 1 unspecified atom stereocenters. The van der Waals surface area contributed by atoms with Gasteiger partial charge in [-0.05, 0) is 6.07 Å². The average molecular weight is 198 g/mol. The largest absolute Gasteiger partial charge is 0.383 e. The lowest BCUT2D eigenvalue weighted by atomic mass is 10.1. The molecular weight excluding hydrogens is 184 g/mol. The fourth-order valence-electron chi connectivity index (χ4n) is 1.18. The van der Waals surface area contributed by atoms with E-state index in [0.717, 1.165) is 0 Å². The molecule has 3 N–H and O–H groups in total. The minimum Gasteiger partial charge on any atom is -0.383 e. The van der Waals surface area contributed by atoms with Crippen molar-refractivity contribution in [1.82, 2.24) is 4.98 Å². The highest BCUT2D eigenvalue weighted by atomic mass is 16.7. The Morgan fingerprint density at radius 3 is 2.57 bits per heavy atom. The Labute approximate surface area is 82.5 Å². The Bertz CT molecular complexity index is 289. The van der Waals surface area contributed by atoms with Gasteiger partial charge in [0.25, 0.3) is 0 Å². The molecule has 0 aliphatic heterocycles. The third-order valence-corrected chi connectivity index (χ3v) is 1.91. The lowest BCUT2D eigenvalue weighted by Crippen LogP contribution is -2.23. The quantitative estimate of drug-likeness (QED) is 0.681. The molecule has 0 saturated carbocycles. The molecule has 0 saturated heterocycles. The molecule has 14 heavy (non-hydrogen) atoms. The summed E-state index contributed by atoms with van der Waals surface area (Å²) in [5, 5.41) is 9.79. The van der Waals surface area contributed by atoms with Crippen LogP contribution in [0.3, 0.4) is 0 Å². The maximum absolute atomic E-state index is 9.79. The molecule has 1 aromatic heterocycles. The van der Waals surface area contributed by atoms with E-state index in [2.05, 4.69) is 4.98 Å². The third kappa shape index (κ3) is 2.20. The summed E-state index contributed by atoms with van der Waals surface area (Å²) in [6.07, 6.45) is -0.111. The molecular formula is C9H14N2O3. The van der Waals surface area contributed by atoms with E-state index in [1.54, 1.807) is 18.3 Å². The van der Waals surface area contributed by atoms with Crippen LogP contribution in [0.4, 0.5) is 5.82 Å². The number of nitrogen functional groups attached to an aromatic ring is 1. The fourth-order valence-corrected chi connectivity index (χ4v) is 1.18. The molecule has 0 radical (unpaired) electrons. The highest BCUT2D eigenvalue weighted by molar-refractivity contribution is 5.40. The number of aliphatic hydroxyl groups is 1. The number of ether oxygens (including phenoxy) is 2. The Hall–Kier alpha value is -1.17. The van der Waals surface area contributed by atoms with Crippen molar-refractivity contribution in [2.75, 3.05) is 20.0 Å². The van der Waals surface area contributed by atoms with Crippen molar-refractivity contribution >= 4 is 5.82 Å². The topological polar surface area (TPSA) is 77.6 Å². The van der Waals surface area contributed by atoms with Crippen molar-refractivity contribution in [2.45, 2.75) is 12.4 Å². The van der Waals surface area contributed by atoms with Gasteiger partial charge in [-0.25, -0.2) is 4.98 Å². The molecule has 1 rings (SSSR count). The number of hydrogen-bond acceptors (Lipinski definition) is 5. The molecule has 0 spiro atoms. The number of hydrogen-bond donors (Lipinski definition) is 2. The van der Waals surface area contributed by atoms with E-state index in [9.17, 15) is 5.11 Å². The average Bonchev–Trinajstić information content (AvgIpc) is 2.20. The van der Waals surface area contributed by atoms with Gasteiger partial charge < -0.3 is 20.3 Å². The molecule has 1 heterocycles. The van der Waals surface area contributed by atoms with Gasteiger partial charge in [-0.15, -0.1) is 0 Å².